The largest absolute Gasteiger partial charge is 0.497 e. The average Bonchev–Trinajstić information content (AvgIpc) is 2.48. The van der Waals surface area contributed by atoms with Gasteiger partial charge in [0.15, 0.2) is 0 Å². The molecule has 2 rings (SSSR count). The zero-order valence-electron chi connectivity index (χ0n) is 11.7. The third kappa shape index (κ3) is 2.75. The quantitative estimate of drug-likeness (QED) is 0.931. The van der Waals surface area contributed by atoms with Gasteiger partial charge in [-0.1, -0.05) is 17.7 Å². The van der Waals surface area contributed by atoms with E-state index in [1.54, 1.807) is 37.4 Å². The number of aliphatic hydroxyl groups excluding tert-OH is 1. The van der Waals surface area contributed by atoms with Crippen LogP contribution >= 0.6 is 0 Å². The second-order valence-corrected chi connectivity index (χ2v) is 4.54. The molecule has 0 fully saturated rings. The van der Waals surface area contributed by atoms with Crippen molar-refractivity contribution >= 4 is 0 Å². The Morgan fingerprint density at radius 3 is 2.40 bits per heavy atom. The minimum absolute atomic E-state index is 0.230. The van der Waals surface area contributed by atoms with E-state index in [4.69, 9.17) is 9.47 Å². The van der Waals surface area contributed by atoms with Gasteiger partial charge in [-0.3, -0.25) is 0 Å². The van der Waals surface area contributed by atoms with Gasteiger partial charge in [0.25, 0.3) is 0 Å². The number of ether oxygens (including phenoxy) is 2. The van der Waals surface area contributed by atoms with Crippen LogP contribution in [0, 0.1) is 12.7 Å². The molecule has 0 bridgehead atoms. The summed E-state index contributed by atoms with van der Waals surface area (Å²) in [6.07, 6.45) is -1.09. The van der Waals surface area contributed by atoms with E-state index in [0.717, 1.165) is 5.56 Å². The Morgan fingerprint density at radius 1 is 1.00 bits per heavy atom. The molecular weight excluding hydrogens is 259 g/mol. The number of aryl methyl sites for hydroxylation is 1. The highest BCUT2D eigenvalue weighted by Crippen LogP contribution is 2.34. The predicted octanol–water partition coefficient (Wildman–Crippen LogP) is 3.23. The molecular formula is C16H17FO3. The highest BCUT2D eigenvalue weighted by Gasteiger charge is 2.19. The Hall–Kier alpha value is -2.07. The summed E-state index contributed by atoms with van der Waals surface area (Å²) in [5.74, 6) is 0.626. The smallest absolute Gasteiger partial charge is 0.129 e. The van der Waals surface area contributed by atoms with Crippen LogP contribution in [0.15, 0.2) is 36.4 Å². The van der Waals surface area contributed by atoms with Crippen LogP contribution in [0.25, 0.3) is 0 Å². The van der Waals surface area contributed by atoms with E-state index in [-0.39, 0.29) is 5.56 Å². The molecule has 1 atom stereocenters. The molecule has 0 radical (unpaired) electrons. The number of hydrogen-bond acceptors (Lipinski definition) is 3. The van der Waals surface area contributed by atoms with Gasteiger partial charge in [-0.2, -0.15) is 0 Å². The minimum Gasteiger partial charge on any atom is -0.497 e. The van der Waals surface area contributed by atoms with Crippen molar-refractivity contribution in [3.05, 3.63) is 58.9 Å². The van der Waals surface area contributed by atoms with E-state index in [0.29, 0.717) is 17.1 Å². The van der Waals surface area contributed by atoms with Gasteiger partial charge >= 0.3 is 0 Å². The lowest BCUT2D eigenvalue weighted by molar-refractivity contribution is 0.209. The Balaban J connectivity index is 2.47. The second-order valence-electron chi connectivity index (χ2n) is 4.54. The van der Waals surface area contributed by atoms with Crippen molar-refractivity contribution in [2.75, 3.05) is 14.2 Å². The summed E-state index contributed by atoms with van der Waals surface area (Å²) in [5.41, 5.74) is 1.61. The summed E-state index contributed by atoms with van der Waals surface area (Å²) < 4.78 is 24.2. The topological polar surface area (TPSA) is 38.7 Å². The fraction of sp³-hybridized carbons (Fsp3) is 0.250. The van der Waals surface area contributed by atoms with Crippen LogP contribution in [0.5, 0.6) is 11.5 Å². The summed E-state index contributed by atoms with van der Waals surface area (Å²) in [7, 11) is 3.04. The van der Waals surface area contributed by atoms with Gasteiger partial charge in [-0.15, -0.1) is 0 Å². The van der Waals surface area contributed by atoms with Crippen molar-refractivity contribution in [3.63, 3.8) is 0 Å². The van der Waals surface area contributed by atoms with Crippen LogP contribution < -0.4 is 9.47 Å². The third-order valence-electron chi connectivity index (χ3n) is 3.18. The monoisotopic (exact) mass is 276 g/mol. The van der Waals surface area contributed by atoms with Crippen LogP contribution in [0.1, 0.15) is 22.8 Å². The molecule has 0 heterocycles. The first-order valence-corrected chi connectivity index (χ1v) is 6.23. The van der Waals surface area contributed by atoms with E-state index < -0.39 is 11.9 Å². The van der Waals surface area contributed by atoms with Crippen molar-refractivity contribution in [2.24, 2.45) is 0 Å². The van der Waals surface area contributed by atoms with Crippen LogP contribution in [0.4, 0.5) is 4.39 Å². The molecule has 0 saturated carbocycles. The van der Waals surface area contributed by atoms with Gasteiger partial charge in [0.05, 0.1) is 14.2 Å². The maximum Gasteiger partial charge on any atom is 0.129 e. The number of benzene rings is 2. The van der Waals surface area contributed by atoms with Crippen LogP contribution in [-0.2, 0) is 0 Å². The highest BCUT2D eigenvalue weighted by atomic mass is 19.1. The van der Waals surface area contributed by atoms with Gasteiger partial charge in [0, 0.05) is 17.2 Å². The maximum absolute atomic E-state index is 13.9. The molecule has 4 heteroatoms. The zero-order chi connectivity index (χ0) is 14.7. The lowest BCUT2D eigenvalue weighted by Gasteiger charge is -2.17. The Kier molecular flexibility index (Phi) is 4.25. The first-order chi connectivity index (χ1) is 9.56. The maximum atomic E-state index is 13.9. The Labute approximate surface area is 117 Å². The van der Waals surface area contributed by atoms with Crippen LogP contribution in [0.2, 0.25) is 0 Å². The average molecular weight is 276 g/mol. The molecule has 1 N–H and O–H groups in total. The summed E-state index contributed by atoms with van der Waals surface area (Å²) in [6, 6.07) is 9.68. The van der Waals surface area contributed by atoms with E-state index in [1.165, 1.54) is 13.2 Å². The molecule has 3 nitrogen and oxygen atoms in total. The normalized spacial score (nSPS) is 12.1. The van der Waals surface area contributed by atoms with Crippen molar-refractivity contribution in [1.82, 2.24) is 0 Å². The van der Waals surface area contributed by atoms with Crippen molar-refractivity contribution < 1.29 is 19.0 Å². The van der Waals surface area contributed by atoms with Crippen LogP contribution in [-0.4, -0.2) is 19.3 Å². The zero-order valence-corrected chi connectivity index (χ0v) is 11.7. The first kappa shape index (κ1) is 14.3. The standard InChI is InChI=1S/C16H17FO3/c1-10-4-7-14(17)13(8-10)16(18)12-6-5-11(19-2)9-15(12)20-3/h4-9,16,18H,1-3H3. The number of rotatable bonds is 4. The van der Waals surface area contributed by atoms with E-state index in [9.17, 15) is 9.50 Å². The van der Waals surface area contributed by atoms with Gasteiger partial charge in [-0.25, -0.2) is 4.39 Å². The summed E-state index contributed by atoms with van der Waals surface area (Å²) >= 11 is 0. The molecule has 106 valence electrons. The minimum atomic E-state index is -1.09. The van der Waals surface area contributed by atoms with Gasteiger partial charge in [0.2, 0.25) is 0 Å². The molecule has 0 saturated heterocycles. The van der Waals surface area contributed by atoms with Crippen molar-refractivity contribution in [2.45, 2.75) is 13.0 Å². The van der Waals surface area contributed by atoms with Crippen molar-refractivity contribution in [1.29, 1.82) is 0 Å². The fourth-order valence-electron chi connectivity index (χ4n) is 2.08. The second kappa shape index (κ2) is 5.92. The molecule has 0 amide bonds. The molecule has 0 aromatic heterocycles. The first-order valence-electron chi connectivity index (χ1n) is 6.23. The van der Waals surface area contributed by atoms with E-state index >= 15 is 0 Å². The highest BCUT2D eigenvalue weighted by molar-refractivity contribution is 5.45. The summed E-state index contributed by atoms with van der Waals surface area (Å²) in [6.45, 7) is 1.85. The van der Waals surface area contributed by atoms with Gasteiger partial charge in [0.1, 0.15) is 23.4 Å². The lowest BCUT2D eigenvalue weighted by atomic mass is 9.98. The van der Waals surface area contributed by atoms with Gasteiger partial charge in [-0.05, 0) is 25.1 Å². The number of hydrogen-bond donors (Lipinski definition) is 1. The lowest BCUT2D eigenvalue weighted by Crippen LogP contribution is -2.05. The van der Waals surface area contributed by atoms with Gasteiger partial charge < -0.3 is 14.6 Å². The van der Waals surface area contributed by atoms with Crippen LogP contribution in [0.3, 0.4) is 0 Å². The van der Waals surface area contributed by atoms with Crippen molar-refractivity contribution in [3.8, 4) is 11.5 Å². The fourth-order valence-corrected chi connectivity index (χ4v) is 2.08. The van der Waals surface area contributed by atoms with E-state index in [1.807, 2.05) is 6.92 Å². The number of methoxy groups -OCH3 is 2. The molecule has 20 heavy (non-hydrogen) atoms. The Bertz CT molecular complexity index is 611. The summed E-state index contributed by atoms with van der Waals surface area (Å²) in [4.78, 5) is 0. The molecule has 0 aliphatic rings. The summed E-state index contributed by atoms with van der Waals surface area (Å²) in [5, 5.41) is 10.4. The number of halogens is 1. The molecule has 2 aromatic rings. The Morgan fingerprint density at radius 2 is 1.75 bits per heavy atom. The SMILES string of the molecule is COc1ccc(C(O)c2cc(C)ccc2F)c(OC)c1. The predicted molar refractivity (Wildman–Crippen MR) is 74.7 cm³/mol. The molecule has 2 aromatic carbocycles. The molecule has 0 aliphatic heterocycles. The molecule has 1 unspecified atom stereocenters. The third-order valence-corrected chi connectivity index (χ3v) is 3.18. The number of aliphatic hydroxyl groups is 1. The van der Waals surface area contributed by atoms with E-state index in [2.05, 4.69) is 0 Å². The molecule has 0 aliphatic carbocycles. The molecule has 0 spiro atoms.